The molecule has 0 aliphatic heterocycles. The van der Waals surface area contributed by atoms with Gasteiger partial charge in [-0.1, -0.05) is 11.6 Å². The smallest absolute Gasteiger partial charge is 0.298 e. The van der Waals surface area contributed by atoms with Gasteiger partial charge in [-0.3, -0.25) is 4.79 Å². The maximum absolute atomic E-state index is 12.5. The molecule has 1 aliphatic carbocycles. The molecule has 0 N–H and O–H groups in total. The van der Waals surface area contributed by atoms with Crippen molar-refractivity contribution in [1.82, 2.24) is 9.78 Å². The Morgan fingerprint density at radius 3 is 2.33 bits per heavy atom. The number of carbonyl (C=O) groups is 1. The van der Waals surface area contributed by atoms with Gasteiger partial charge >= 0.3 is 6.18 Å². The van der Waals surface area contributed by atoms with Gasteiger partial charge in [0.15, 0.2) is 6.29 Å². The Morgan fingerprint density at radius 1 is 1.24 bits per heavy atom. The number of rotatable bonds is 3. The summed E-state index contributed by atoms with van der Waals surface area (Å²) < 4.78 is 38.9. The largest absolute Gasteiger partial charge is 0.416 e. The molecular weight excluding hydrogens is 305 g/mol. The number of carbonyl (C=O) groups excluding carboxylic acids is 1. The van der Waals surface area contributed by atoms with Crippen LogP contribution in [0.3, 0.4) is 0 Å². The van der Waals surface area contributed by atoms with Crippen molar-refractivity contribution in [2.75, 3.05) is 0 Å². The Balaban J connectivity index is 2.02. The average Bonchev–Trinajstić information content (AvgIpc) is 3.22. The molecule has 0 radical (unpaired) electrons. The van der Waals surface area contributed by atoms with Crippen LogP contribution in [0.1, 0.15) is 40.4 Å². The van der Waals surface area contributed by atoms with Gasteiger partial charge in [0.1, 0.15) is 5.15 Å². The van der Waals surface area contributed by atoms with E-state index in [1.54, 1.807) is 0 Å². The molecule has 0 spiro atoms. The fourth-order valence-corrected chi connectivity index (χ4v) is 2.43. The van der Waals surface area contributed by atoms with Gasteiger partial charge in [-0.05, 0) is 37.1 Å². The summed E-state index contributed by atoms with van der Waals surface area (Å²) in [6.07, 6.45) is -1.86. The van der Waals surface area contributed by atoms with Gasteiger partial charge in [-0.2, -0.15) is 18.3 Å². The lowest BCUT2D eigenvalue weighted by molar-refractivity contribution is -0.137. The van der Waals surface area contributed by atoms with Crippen molar-refractivity contribution in [3.63, 3.8) is 0 Å². The fraction of sp³-hybridized carbons (Fsp3) is 0.286. The predicted molar refractivity (Wildman–Crippen MR) is 70.9 cm³/mol. The molecule has 7 heteroatoms. The number of aromatic nitrogens is 2. The molecule has 1 aliphatic rings. The van der Waals surface area contributed by atoms with E-state index in [0.717, 1.165) is 25.0 Å². The van der Waals surface area contributed by atoms with E-state index in [1.165, 1.54) is 16.8 Å². The second-order valence-electron chi connectivity index (χ2n) is 4.94. The molecule has 1 aromatic carbocycles. The standard InChI is InChI=1S/C14H10ClF3N2O/c15-13-11(7-21)12(8-1-2-8)19-20(13)10-5-3-9(4-6-10)14(16,17)18/h3-8H,1-2H2. The second kappa shape index (κ2) is 4.87. The first-order valence-electron chi connectivity index (χ1n) is 6.33. The SMILES string of the molecule is O=Cc1c(C2CC2)nn(-c2ccc(C(F)(F)F)cc2)c1Cl. The van der Waals surface area contributed by atoms with Crippen LogP contribution in [-0.2, 0) is 6.18 Å². The van der Waals surface area contributed by atoms with E-state index < -0.39 is 11.7 Å². The van der Waals surface area contributed by atoms with Crippen LogP contribution >= 0.6 is 11.6 Å². The van der Waals surface area contributed by atoms with E-state index in [9.17, 15) is 18.0 Å². The van der Waals surface area contributed by atoms with Crippen LogP contribution in [0.2, 0.25) is 5.15 Å². The highest BCUT2D eigenvalue weighted by atomic mass is 35.5. The number of hydrogen-bond acceptors (Lipinski definition) is 2. The van der Waals surface area contributed by atoms with Gasteiger partial charge in [0.2, 0.25) is 0 Å². The summed E-state index contributed by atoms with van der Waals surface area (Å²) in [5.41, 5.74) is 0.588. The molecule has 0 saturated heterocycles. The first-order valence-corrected chi connectivity index (χ1v) is 6.71. The highest BCUT2D eigenvalue weighted by Crippen LogP contribution is 2.42. The van der Waals surface area contributed by atoms with Crippen LogP contribution in [0.15, 0.2) is 24.3 Å². The van der Waals surface area contributed by atoms with Gasteiger partial charge < -0.3 is 0 Å². The van der Waals surface area contributed by atoms with E-state index in [1.807, 2.05) is 0 Å². The third-order valence-corrected chi connectivity index (χ3v) is 3.78. The normalized spacial score (nSPS) is 15.2. The van der Waals surface area contributed by atoms with Crippen LogP contribution in [-0.4, -0.2) is 16.1 Å². The summed E-state index contributed by atoms with van der Waals surface area (Å²) in [6, 6.07) is 4.50. The van der Waals surface area contributed by atoms with Crippen molar-refractivity contribution in [3.8, 4) is 5.69 Å². The van der Waals surface area contributed by atoms with E-state index in [0.29, 0.717) is 23.2 Å². The lowest BCUT2D eigenvalue weighted by Crippen LogP contribution is -2.05. The third-order valence-electron chi connectivity index (χ3n) is 3.41. The molecule has 0 bridgehead atoms. The summed E-state index contributed by atoms with van der Waals surface area (Å²) in [5.74, 6) is 0.221. The average molecular weight is 315 g/mol. The minimum absolute atomic E-state index is 0.131. The van der Waals surface area contributed by atoms with Crippen LogP contribution in [0, 0.1) is 0 Å². The highest BCUT2D eigenvalue weighted by molar-refractivity contribution is 6.32. The van der Waals surface area contributed by atoms with Gasteiger partial charge in [0.05, 0.1) is 22.5 Å². The molecule has 1 saturated carbocycles. The van der Waals surface area contributed by atoms with Crippen LogP contribution in [0.5, 0.6) is 0 Å². The van der Waals surface area contributed by atoms with Crippen molar-refractivity contribution in [3.05, 3.63) is 46.2 Å². The first kappa shape index (κ1) is 14.1. The molecule has 1 heterocycles. The second-order valence-corrected chi connectivity index (χ2v) is 5.30. The zero-order valence-electron chi connectivity index (χ0n) is 10.7. The summed E-state index contributed by atoms with van der Waals surface area (Å²) in [7, 11) is 0. The maximum atomic E-state index is 12.5. The number of hydrogen-bond donors (Lipinski definition) is 0. The number of alkyl halides is 3. The minimum atomic E-state index is -4.39. The molecule has 0 unspecified atom stereocenters. The molecular formula is C14H10ClF3N2O. The molecule has 0 atom stereocenters. The van der Waals surface area contributed by atoms with E-state index in [2.05, 4.69) is 5.10 Å². The lowest BCUT2D eigenvalue weighted by Gasteiger charge is -2.08. The minimum Gasteiger partial charge on any atom is -0.298 e. The summed E-state index contributed by atoms with van der Waals surface area (Å²) in [6.45, 7) is 0. The summed E-state index contributed by atoms with van der Waals surface area (Å²) in [5, 5.41) is 4.41. The Hall–Kier alpha value is -1.82. The van der Waals surface area contributed by atoms with Gasteiger partial charge in [0, 0.05) is 5.92 Å². The number of aldehydes is 1. The highest BCUT2D eigenvalue weighted by Gasteiger charge is 2.32. The molecule has 110 valence electrons. The molecule has 21 heavy (non-hydrogen) atoms. The molecule has 3 rings (SSSR count). The Labute approximate surface area is 123 Å². The summed E-state index contributed by atoms with van der Waals surface area (Å²) >= 11 is 6.11. The predicted octanol–water partition coefficient (Wildman–Crippen LogP) is 4.23. The van der Waals surface area contributed by atoms with Crippen LogP contribution in [0.4, 0.5) is 13.2 Å². The van der Waals surface area contributed by atoms with Crippen molar-refractivity contribution in [1.29, 1.82) is 0 Å². The zero-order chi connectivity index (χ0) is 15.2. The topological polar surface area (TPSA) is 34.9 Å². The maximum Gasteiger partial charge on any atom is 0.416 e. The van der Waals surface area contributed by atoms with Crippen molar-refractivity contribution >= 4 is 17.9 Å². The Bertz CT molecular complexity index is 687. The molecule has 0 amide bonds. The van der Waals surface area contributed by atoms with Crippen LogP contribution < -0.4 is 0 Å². The fourth-order valence-electron chi connectivity index (χ4n) is 2.16. The molecule has 1 fully saturated rings. The van der Waals surface area contributed by atoms with Crippen molar-refractivity contribution in [2.24, 2.45) is 0 Å². The molecule has 2 aromatic rings. The van der Waals surface area contributed by atoms with Gasteiger partial charge in [-0.15, -0.1) is 0 Å². The lowest BCUT2D eigenvalue weighted by atomic mass is 10.2. The van der Waals surface area contributed by atoms with E-state index in [4.69, 9.17) is 11.6 Å². The Kier molecular flexibility index (Phi) is 3.28. The molecule has 1 aromatic heterocycles. The summed E-state index contributed by atoms with van der Waals surface area (Å²) in [4.78, 5) is 11.1. The Morgan fingerprint density at radius 2 is 1.86 bits per heavy atom. The number of benzene rings is 1. The van der Waals surface area contributed by atoms with Gasteiger partial charge in [0.25, 0.3) is 0 Å². The quantitative estimate of drug-likeness (QED) is 0.794. The zero-order valence-corrected chi connectivity index (χ0v) is 11.4. The van der Waals surface area contributed by atoms with Gasteiger partial charge in [-0.25, -0.2) is 4.68 Å². The first-order chi connectivity index (χ1) is 9.91. The van der Waals surface area contributed by atoms with E-state index >= 15 is 0 Å². The van der Waals surface area contributed by atoms with Crippen LogP contribution in [0.25, 0.3) is 5.69 Å². The number of nitrogens with zero attached hydrogens (tertiary/aromatic N) is 2. The third kappa shape index (κ3) is 2.55. The van der Waals surface area contributed by atoms with Crippen molar-refractivity contribution < 1.29 is 18.0 Å². The van der Waals surface area contributed by atoms with Crippen molar-refractivity contribution in [2.45, 2.75) is 24.9 Å². The molecule has 3 nitrogen and oxygen atoms in total. The monoisotopic (exact) mass is 314 g/mol. The number of halogens is 4. The van der Waals surface area contributed by atoms with E-state index in [-0.39, 0.29) is 11.1 Å².